The van der Waals surface area contributed by atoms with Crippen LogP contribution in [0.1, 0.15) is 47.2 Å². The van der Waals surface area contributed by atoms with Crippen molar-refractivity contribution in [2.45, 2.75) is 32.9 Å². The fourth-order valence-electron chi connectivity index (χ4n) is 2.82. The van der Waals surface area contributed by atoms with Gasteiger partial charge in [0.25, 0.3) is 11.8 Å². The number of anilines is 1. The Morgan fingerprint density at radius 1 is 1.10 bits per heavy atom. The van der Waals surface area contributed by atoms with Gasteiger partial charge in [0.15, 0.2) is 0 Å². The molecule has 4 N–H and O–H groups in total. The average Bonchev–Trinajstić information content (AvgIpc) is 3.03. The number of halogens is 1. The molecule has 0 atom stereocenters. The molecule has 0 aliphatic heterocycles. The standard InChI is InChI=1S/C22H22BrN3O5/c1-22(2,3)31-21(29)25-11-12-4-6-13(7-5-12)20(28)26-17-15-10-14(23)8-9-16(15)30-18(17)19(24)27/h4-10H,11H2,1-3H3,(H2,24,27)(H,25,29)(H,26,28). The van der Waals surface area contributed by atoms with Crippen molar-refractivity contribution >= 4 is 50.5 Å². The second-order valence-corrected chi connectivity index (χ2v) is 8.73. The SMILES string of the molecule is CC(C)(C)OC(=O)NCc1ccc(C(=O)Nc2c(C(N)=O)oc3ccc(Br)cc23)cc1. The van der Waals surface area contributed by atoms with E-state index >= 15 is 0 Å². The van der Waals surface area contributed by atoms with E-state index in [1.807, 2.05) is 0 Å². The lowest BCUT2D eigenvalue weighted by Gasteiger charge is -2.19. The van der Waals surface area contributed by atoms with Crippen molar-refractivity contribution < 1.29 is 23.5 Å². The number of rotatable bonds is 5. The molecule has 0 fully saturated rings. The molecule has 9 heteroatoms. The Morgan fingerprint density at radius 3 is 2.39 bits per heavy atom. The third kappa shape index (κ3) is 5.64. The van der Waals surface area contributed by atoms with Crippen LogP contribution in [-0.4, -0.2) is 23.5 Å². The van der Waals surface area contributed by atoms with Crippen molar-refractivity contribution in [2.75, 3.05) is 5.32 Å². The van der Waals surface area contributed by atoms with E-state index in [2.05, 4.69) is 26.6 Å². The molecule has 0 saturated heterocycles. The van der Waals surface area contributed by atoms with Crippen LogP contribution in [0.3, 0.4) is 0 Å². The fourth-order valence-corrected chi connectivity index (χ4v) is 3.18. The third-order valence-corrected chi connectivity index (χ3v) is 4.66. The van der Waals surface area contributed by atoms with Crippen molar-refractivity contribution in [1.29, 1.82) is 0 Å². The van der Waals surface area contributed by atoms with E-state index in [9.17, 15) is 14.4 Å². The molecular weight excluding hydrogens is 466 g/mol. The first-order chi connectivity index (χ1) is 14.5. The summed E-state index contributed by atoms with van der Waals surface area (Å²) in [5, 5.41) is 5.92. The summed E-state index contributed by atoms with van der Waals surface area (Å²) < 4.78 is 11.4. The minimum Gasteiger partial charge on any atom is -0.449 e. The Hall–Kier alpha value is -3.33. The molecule has 0 unspecified atom stereocenters. The maximum Gasteiger partial charge on any atom is 0.407 e. The number of fused-ring (bicyclic) bond motifs is 1. The highest BCUT2D eigenvalue weighted by atomic mass is 79.9. The van der Waals surface area contributed by atoms with Gasteiger partial charge in [-0.15, -0.1) is 0 Å². The van der Waals surface area contributed by atoms with Crippen LogP contribution in [0, 0.1) is 0 Å². The highest BCUT2D eigenvalue weighted by Gasteiger charge is 2.21. The maximum atomic E-state index is 12.7. The molecule has 0 saturated carbocycles. The van der Waals surface area contributed by atoms with Crippen molar-refractivity contribution in [2.24, 2.45) is 5.73 Å². The molecule has 8 nitrogen and oxygen atoms in total. The Morgan fingerprint density at radius 2 is 1.77 bits per heavy atom. The summed E-state index contributed by atoms with van der Waals surface area (Å²) in [6.07, 6.45) is -0.522. The number of amides is 3. The maximum absolute atomic E-state index is 12.7. The van der Waals surface area contributed by atoms with Crippen LogP contribution in [0.2, 0.25) is 0 Å². The Kier molecular flexibility index (Phi) is 6.35. The smallest absolute Gasteiger partial charge is 0.407 e. The van der Waals surface area contributed by atoms with E-state index in [1.54, 1.807) is 63.2 Å². The molecule has 1 heterocycles. The molecular formula is C22H22BrN3O5. The molecule has 31 heavy (non-hydrogen) atoms. The minimum absolute atomic E-state index is 0.125. The number of carbonyl (C=O) groups excluding carboxylic acids is 3. The van der Waals surface area contributed by atoms with E-state index in [0.29, 0.717) is 16.5 Å². The predicted octanol–water partition coefficient (Wildman–Crippen LogP) is 4.57. The number of carbonyl (C=O) groups is 3. The first kappa shape index (κ1) is 22.4. The Bertz CT molecular complexity index is 1150. The summed E-state index contributed by atoms with van der Waals surface area (Å²) in [6, 6.07) is 11.8. The molecule has 162 valence electrons. The van der Waals surface area contributed by atoms with Crippen molar-refractivity contribution in [1.82, 2.24) is 5.32 Å². The number of nitrogens with two attached hydrogens (primary N) is 1. The summed E-state index contributed by atoms with van der Waals surface area (Å²) in [4.78, 5) is 36.3. The van der Waals surface area contributed by atoms with E-state index in [1.165, 1.54) is 0 Å². The molecule has 1 aromatic heterocycles. The van der Waals surface area contributed by atoms with Gasteiger partial charge in [0.1, 0.15) is 16.9 Å². The second-order valence-electron chi connectivity index (χ2n) is 7.82. The van der Waals surface area contributed by atoms with Gasteiger partial charge in [-0.05, 0) is 56.7 Å². The van der Waals surface area contributed by atoms with Crippen LogP contribution in [-0.2, 0) is 11.3 Å². The number of furan rings is 1. The van der Waals surface area contributed by atoms with Gasteiger partial charge >= 0.3 is 6.09 Å². The van der Waals surface area contributed by atoms with Crippen LogP contribution in [0.25, 0.3) is 11.0 Å². The van der Waals surface area contributed by atoms with Gasteiger partial charge in [-0.1, -0.05) is 28.1 Å². The first-order valence-corrected chi connectivity index (χ1v) is 10.2. The zero-order chi connectivity index (χ0) is 22.8. The van der Waals surface area contributed by atoms with Crippen LogP contribution >= 0.6 is 15.9 Å². The molecule has 0 aliphatic rings. The van der Waals surface area contributed by atoms with Crippen LogP contribution in [0.5, 0.6) is 0 Å². The number of hydrogen-bond acceptors (Lipinski definition) is 5. The second kappa shape index (κ2) is 8.81. The monoisotopic (exact) mass is 487 g/mol. The van der Waals surface area contributed by atoms with Crippen LogP contribution in [0.4, 0.5) is 10.5 Å². The van der Waals surface area contributed by atoms with Crippen molar-refractivity contribution in [3.63, 3.8) is 0 Å². The molecule has 2 aromatic carbocycles. The van der Waals surface area contributed by atoms with Crippen molar-refractivity contribution in [3.8, 4) is 0 Å². The lowest BCUT2D eigenvalue weighted by molar-refractivity contribution is 0.0523. The molecule has 0 bridgehead atoms. The summed E-state index contributed by atoms with van der Waals surface area (Å²) in [7, 11) is 0. The van der Waals surface area contributed by atoms with Gasteiger partial charge in [-0.3, -0.25) is 9.59 Å². The van der Waals surface area contributed by atoms with Crippen LogP contribution in [0.15, 0.2) is 51.4 Å². The topological polar surface area (TPSA) is 124 Å². The van der Waals surface area contributed by atoms with Gasteiger partial charge in [0.2, 0.25) is 5.76 Å². The van der Waals surface area contributed by atoms with Crippen LogP contribution < -0.4 is 16.4 Å². The summed E-state index contributed by atoms with van der Waals surface area (Å²) in [5.41, 5.74) is 6.62. The number of hydrogen-bond donors (Lipinski definition) is 3. The summed E-state index contributed by atoms with van der Waals surface area (Å²) in [6.45, 7) is 5.60. The zero-order valence-corrected chi connectivity index (χ0v) is 18.8. The predicted molar refractivity (Wildman–Crippen MR) is 120 cm³/mol. The summed E-state index contributed by atoms with van der Waals surface area (Å²) >= 11 is 3.36. The van der Waals surface area contributed by atoms with Gasteiger partial charge in [0, 0.05) is 22.0 Å². The largest absolute Gasteiger partial charge is 0.449 e. The average molecular weight is 488 g/mol. The molecule has 3 rings (SSSR count). The van der Waals surface area contributed by atoms with E-state index < -0.39 is 23.5 Å². The van der Waals surface area contributed by atoms with Crippen molar-refractivity contribution in [3.05, 3.63) is 63.8 Å². The molecule has 0 aliphatic carbocycles. The fraction of sp³-hybridized carbons (Fsp3) is 0.227. The molecule has 0 spiro atoms. The summed E-state index contributed by atoms with van der Waals surface area (Å²) in [5.74, 6) is -1.34. The zero-order valence-electron chi connectivity index (χ0n) is 17.2. The minimum atomic E-state index is -0.786. The van der Waals surface area contributed by atoms with Gasteiger partial charge in [0.05, 0.1) is 0 Å². The lowest BCUT2D eigenvalue weighted by atomic mass is 10.1. The lowest BCUT2D eigenvalue weighted by Crippen LogP contribution is -2.32. The van der Waals surface area contributed by atoms with E-state index in [-0.39, 0.29) is 18.0 Å². The number of ether oxygens (including phenoxy) is 1. The number of primary amides is 1. The van der Waals surface area contributed by atoms with Gasteiger partial charge < -0.3 is 25.5 Å². The highest BCUT2D eigenvalue weighted by molar-refractivity contribution is 9.10. The third-order valence-electron chi connectivity index (χ3n) is 4.16. The number of nitrogens with one attached hydrogen (secondary N) is 2. The Balaban J connectivity index is 1.73. The number of benzene rings is 2. The quantitative estimate of drug-likeness (QED) is 0.486. The highest BCUT2D eigenvalue weighted by Crippen LogP contribution is 2.33. The van der Waals surface area contributed by atoms with E-state index in [4.69, 9.17) is 14.9 Å². The normalized spacial score (nSPS) is 11.2. The molecule has 3 amide bonds. The molecule has 0 radical (unpaired) electrons. The van der Waals surface area contributed by atoms with E-state index in [0.717, 1.165) is 10.0 Å². The first-order valence-electron chi connectivity index (χ1n) is 9.42. The molecule has 3 aromatic rings. The van der Waals surface area contributed by atoms with Gasteiger partial charge in [-0.25, -0.2) is 4.79 Å². The number of alkyl carbamates (subject to hydrolysis) is 1. The Labute approximate surface area is 187 Å². The van der Waals surface area contributed by atoms with Gasteiger partial charge in [-0.2, -0.15) is 0 Å².